The molecule has 4 rings (SSSR count). The molecular formula is C25H31FN4O4S. The number of Topliss-reactive ketones (excluding diaryl/α,β-unsaturated/α-hetero) is 1. The van der Waals surface area contributed by atoms with E-state index >= 15 is 0 Å². The molecule has 35 heavy (non-hydrogen) atoms. The minimum absolute atomic E-state index is 0.120. The molecule has 0 aliphatic carbocycles. The minimum atomic E-state index is -0.414. The molecule has 1 saturated heterocycles. The third-order valence-corrected chi connectivity index (χ3v) is 6.95. The molecule has 1 fully saturated rings. The largest absolute Gasteiger partial charge is 0.483 e. The summed E-state index contributed by atoms with van der Waals surface area (Å²) >= 11 is 1.38. The number of unbranched alkanes of at least 4 members (excludes halogenated alkanes) is 1. The molecule has 0 spiro atoms. The molecule has 0 atom stereocenters. The molecule has 1 aromatic carbocycles. The van der Waals surface area contributed by atoms with Crippen LogP contribution >= 0.6 is 11.3 Å². The van der Waals surface area contributed by atoms with Gasteiger partial charge in [0.25, 0.3) is 0 Å². The quantitative estimate of drug-likeness (QED) is 0.318. The van der Waals surface area contributed by atoms with Crippen molar-refractivity contribution in [3.05, 3.63) is 40.8 Å². The maximum atomic E-state index is 14.1. The van der Waals surface area contributed by atoms with Crippen LogP contribution in [0.1, 0.15) is 34.5 Å². The van der Waals surface area contributed by atoms with Crippen LogP contribution in [0.15, 0.2) is 24.5 Å². The van der Waals surface area contributed by atoms with Gasteiger partial charge >= 0.3 is 0 Å². The van der Waals surface area contributed by atoms with Crippen LogP contribution in [-0.4, -0.2) is 73.8 Å². The first-order valence-corrected chi connectivity index (χ1v) is 12.5. The van der Waals surface area contributed by atoms with E-state index < -0.39 is 5.82 Å². The van der Waals surface area contributed by atoms with Crippen LogP contribution in [0, 0.1) is 12.7 Å². The van der Waals surface area contributed by atoms with Crippen LogP contribution in [-0.2, 0) is 9.47 Å². The zero-order valence-corrected chi connectivity index (χ0v) is 21.1. The topological polar surface area (TPSA) is 85.8 Å². The van der Waals surface area contributed by atoms with Gasteiger partial charge < -0.3 is 24.4 Å². The van der Waals surface area contributed by atoms with E-state index in [2.05, 4.69) is 20.2 Å². The molecule has 1 aliphatic rings. The van der Waals surface area contributed by atoms with Gasteiger partial charge in [-0.25, -0.2) is 14.4 Å². The Hall–Kier alpha value is -2.66. The van der Waals surface area contributed by atoms with E-state index in [1.807, 2.05) is 21.0 Å². The highest BCUT2D eigenvalue weighted by Crippen LogP contribution is 2.37. The lowest BCUT2D eigenvalue weighted by Crippen LogP contribution is -2.26. The number of aryl methyl sites for hydroxylation is 1. The zero-order valence-electron chi connectivity index (χ0n) is 20.3. The van der Waals surface area contributed by atoms with Gasteiger partial charge in [-0.2, -0.15) is 0 Å². The predicted molar refractivity (Wildman–Crippen MR) is 135 cm³/mol. The Labute approximate surface area is 208 Å². The molecule has 0 radical (unpaired) electrons. The van der Waals surface area contributed by atoms with Gasteiger partial charge in [0.05, 0.1) is 42.4 Å². The lowest BCUT2D eigenvalue weighted by molar-refractivity contribution is 0.0601. The SMILES string of the molecule is Cc1c(C(=O)CCCCN(C)C)sc2ncnc(Nc3ccc(F)cc3OC3COCCOC3)c12. The number of anilines is 2. The smallest absolute Gasteiger partial charge is 0.173 e. The van der Waals surface area contributed by atoms with E-state index in [0.29, 0.717) is 55.0 Å². The van der Waals surface area contributed by atoms with E-state index in [9.17, 15) is 9.18 Å². The van der Waals surface area contributed by atoms with Crippen molar-refractivity contribution < 1.29 is 23.4 Å². The van der Waals surface area contributed by atoms with E-state index in [1.54, 1.807) is 6.07 Å². The summed E-state index contributed by atoms with van der Waals surface area (Å²) in [6.45, 7) is 4.60. The summed E-state index contributed by atoms with van der Waals surface area (Å²) in [5.41, 5.74) is 1.40. The number of thiophene rings is 1. The number of ether oxygens (including phenoxy) is 3. The molecule has 0 saturated carbocycles. The summed E-state index contributed by atoms with van der Waals surface area (Å²) in [5, 5.41) is 4.05. The summed E-state index contributed by atoms with van der Waals surface area (Å²) in [7, 11) is 4.06. The summed E-state index contributed by atoms with van der Waals surface area (Å²) in [4.78, 5) is 25.3. The second-order valence-corrected chi connectivity index (χ2v) is 9.80. The van der Waals surface area contributed by atoms with E-state index in [1.165, 1.54) is 29.8 Å². The van der Waals surface area contributed by atoms with Crippen molar-refractivity contribution in [1.29, 1.82) is 0 Å². The number of fused-ring (bicyclic) bond motifs is 1. The molecule has 3 aromatic rings. The number of ketones is 1. The number of carbonyl (C=O) groups excluding carboxylic acids is 1. The van der Waals surface area contributed by atoms with Gasteiger partial charge in [-0.3, -0.25) is 4.79 Å². The van der Waals surface area contributed by atoms with Crippen LogP contribution in [0.5, 0.6) is 5.75 Å². The standard InChI is InChI=1S/C25H31FN4O4S/c1-16-22-24(27-15-28-25(22)35-23(16)20(31)6-4-5-9-30(2)3)29-19-8-7-17(26)12-21(19)34-18-13-32-10-11-33-14-18/h7-8,12,15,18H,4-6,9-11,13-14H2,1-3H3,(H,27,28,29). The Morgan fingerprint density at radius 3 is 2.74 bits per heavy atom. The molecule has 1 N–H and O–H groups in total. The Morgan fingerprint density at radius 2 is 2.00 bits per heavy atom. The average Bonchev–Trinajstić information content (AvgIpc) is 2.99. The van der Waals surface area contributed by atoms with Crippen molar-refractivity contribution in [1.82, 2.24) is 14.9 Å². The molecule has 1 aliphatic heterocycles. The predicted octanol–water partition coefficient (Wildman–Crippen LogP) is 4.59. The average molecular weight is 503 g/mol. The Bertz CT molecular complexity index is 1160. The number of nitrogens with zero attached hydrogens (tertiary/aromatic N) is 3. The summed E-state index contributed by atoms with van der Waals surface area (Å²) < 4.78 is 31.1. The van der Waals surface area contributed by atoms with Gasteiger partial charge in [0.15, 0.2) is 5.78 Å². The van der Waals surface area contributed by atoms with Crippen molar-refractivity contribution in [3.8, 4) is 5.75 Å². The number of carbonyl (C=O) groups is 1. The molecule has 8 nitrogen and oxygen atoms in total. The highest BCUT2D eigenvalue weighted by atomic mass is 32.1. The van der Waals surface area contributed by atoms with Gasteiger partial charge in [0.1, 0.15) is 34.6 Å². The van der Waals surface area contributed by atoms with Crippen LogP contribution in [0.4, 0.5) is 15.9 Å². The fourth-order valence-corrected chi connectivity index (χ4v) is 5.04. The van der Waals surface area contributed by atoms with Gasteiger partial charge in [-0.1, -0.05) is 0 Å². The first-order valence-electron chi connectivity index (χ1n) is 11.7. The highest BCUT2D eigenvalue weighted by molar-refractivity contribution is 7.20. The molecule has 0 unspecified atom stereocenters. The lowest BCUT2D eigenvalue weighted by Gasteiger charge is -2.19. The Kier molecular flexibility index (Phi) is 8.61. The number of hydrogen-bond acceptors (Lipinski definition) is 9. The Balaban J connectivity index is 1.56. The molecule has 0 amide bonds. The molecule has 3 heterocycles. The molecular weight excluding hydrogens is 471 g/mol. The monoisotopic (exact) mass is 502 g/mol. The van der Waals surface area contributed by atoms with Crippen molar-refractivity contribution >= 4 is 38.8 Å². The molecule has 188 valence electrons. The fourth-order valence-electron chi connectivity index (χ4n) is 3.93. The zero-order chi connectivity index (χ0) is 24.8. The van der Waals surface area contributed by atoms with Crippen LogP contribution in [0.25, 0.3) is 10.2 Å². The number of hydrogen-bond donors (Lipinski definition) is 1. The maximum absolute atomic E-state index is 14.1. The molecule has 0 bridgehead atoms. The maximum Gasteiger partial charge on any atom is 0.173 e. The lowest BCUT2D eigenvalue weighted by atomic mass is 10.1. The fraction of sp³-hybridized carbons (Fsp3) is 0.480. The van der Waals surface area contributed by atoms with Crippen molar-refractivity contribution in [2.45, 2.75) is 32.3 Å². The number of aromatic nitrogens is 2. The van der Waals surface area contributed by atoms with E-state index in [4.69, 9.17) is 14.2 Å². The highest BCUT2D eigenvalue weighted by Gasteiger charge is 2.21. The van der Waals surface area contributed by atoms with Crippen LogP contribution in [0.3, 0.4) is 0 Å². The third kappa shape index (κ3) is 6.52. The van der Waals surface area contributed by atoms with Gasteiger partial charge in [-0.05, 0) is 58.1 Å². The van der Waals surface area contributed by atoms with E-state index in [0.717, 1.165) is 35.2 Å². The third-order valence-electron chi connectivity index (χ3n) is 5.71. The summed E-state index contributed by atoms with van der Waals surface area (Å²) in [6.07, 6.45) is 3.42. The van der Waals surface area contributed by atoms with Gasteiger partial charge in [-0.15, -0.1) is 11.3 Å². The van der Waals surface area contributed by atoms with Gasteiger partial charge in [0.2, 0.25) is 0 Å². The number of nitrogens with one attached hydrogen (secondary N) is 1. The molecule has 2 aromatic heterocycles. The summed E-state index contributed by atoms with van der Waals surface area (Å²) in [5.74, 6) is 0.582. The second kappa shape index (κ2) is 11.9. The summed E-state index contributed by atoms with van der Waals surface area (Å²) in [6, 6.07) is 4.29. The normalized spacial score (nSPS) is 14.9. The van der Waals surface area contributed by atoms with Crippen molar-refractivity contribution in [2.75, 3.05) is 52.4 Å². The van der Waals surface area contributed by atoms with Crippen LogP contribution < -0.4 is 10.1 Å². The van der Waals surface area contributed by atoms with Gasteiger partial charge in [0, 0.05) is 12.5 Å². The van der Waals surface area contributed by atoms with E-state index in [-0.39, 0.29) is 11.9 Å². The Morgan fingerprint density at radius 1 is 1.23 bits per heavy atom. The number of benzene rings is 1. The number of halogens is 1. The first-order chi connectivity index (χ1) is 16.9. The first kappa shape index (κ1) is 25.4. The number of rotatable bonds is 10. The minimum Gasteiger partial charge on any atom is -0.483 e. The van der Waals surface area contributed by atoms with Crippen molar-refractivity contribution in [3.63, 3.8) is 0 Å². The van der Waals surface area contributed by atoms with Crippen LogP contribution in [0.2, 0.25) is 0 Å². The molecule has 10 heteroatoms. The second-order valence-electron chi connectivity index (χ2n) is 8.80. The van der Waals surface area contributed by atoms with Crippen molar-refractivity contribution in [2.24, 2.45) is 0 Å².